The Morgan fingerprint density at radius 2 is 1.82 bits per heavy atom. The lowest BCUT2D eigenvalue weighted by Crippen LogP contribution is -1.73. The predicted octanol–water partition coefficient (Wildman–Crippen LogP) is 1.50. The number of carbonyl (C=O) groups excluding carboxylic acids is 1. The molecule has 0 fully saturated rings. The van der Waals surface area contributed by atoms with Gasteiger partial charge in [0.2, 0.25) is 0 Å². The van der Waals surface area contributed by atoms with Crippen molar-refractivity contribution in [3.8, 4) is 0 Å². The monoisotopic (exact) mass is 152 g/mol. The Bertz CT molecular complexity index is 182. The molecule has 0 aromatic heterocycles. The number of rotatable bonds is 1. The SMILES string of the molecule is CCO.O=Cc1ccccc1. The standard InChI is InChI=1S/C7H6O.C2H6O/c8-6-7-4-2-1-3-5-7;1-2-3/h1-6H;3H,2H2,1H3. The van der Waals surface area contributed by atoms with Crippen molar-refractivity contribution in [1.82, 2.24) is 0 Å². The lowest BCUT2D eigenvalue weighted by molar-refractivity contribution is 0.112. The predicted molar refractivity (Wildman–Crippen MR) is 44.6 cm³/mol. The van der Waals surface area contributed by atoms with Crippen molar-refractivity contribution in [2.24, 2.45) is 0 Å². The number of hydrogen-bond acceptors (Lipinski definition) is 2. The molecule has 0 amide bonds. The van der Waals surface area contributed by atoms with Crippen LogP contribution in [0.25, 0.3) is 0 Å². The molecular formula is C9H12O2. The Labute approximate surface area is 66.5 Å². The Hall–Kier alpha value is -1.15. The van der Waals surface area contributed by atoms with E-state index in [4.69, 9.17) is 5.11 Å². The van der Waals surface area contributed by atoms with Gasteiger partial charge in [-0.05, 0) is 6.92 Å². The van der Waals surface area contributed by atoms with Crippen LogP contribution in [-0.4, -0.2) is 18.0 Å². The molecule has 0 saturated heterocycles. The average Bonchev–Trinajstić information content (AvgIpc) is 2.08. The third kappa shape index (κ3) is 5.30. The zero-order valence-corrected chi connectivity index (χ0v) is 6.53. The zero-order chi connectivity index (χ0) is 8.53. The van der Waals surface area contributed by atoms with Gasteiger partial charge in [0, 0.05) is 12.2 Å². The molecule has 0 aliphatic carbocycles. The van der Waals surface area contributed by atoms with Gasteiger partial charge in [-0.25, -0.2) is 0 Å². The second-order valence-electron chi connectivity index (χ2n) is 1.84. The summed E-state index contributed by atoms with van der Waals surface area (Å²) in [6.07, 6.45) is 0.833. The van der Waals surface area contributed by atoms with Crippen LogP contribution in [0.3, 0.4) is 0 Å². The van der Waals surface area contributed by atoms with Crippen LogP contribution in [0.15, 0.2) is 30.3 Å². The van der Waals surface area contributed by atoms with Crippen LogP contribution in [0.2, 0.25) is 0 Å². The van der Waals surface area contributed by atoms with Gasteiger partial charge in [-0.2, -0.15) is 0 Å². The summed E-state index contributed by atoms with van der Waals surface area (Å²) in [5.41, 5.74) is 0.729. The molecule has 0 radical (unpaired) electrons. The zero-order valence-electron chi connectivity index (χ0n) is 6.53. The molecule has 0 saturated carbocycles. The fourth-order valence-electron chi connectivity index (χ4n) is 0.532. The number of aliphatic hydroxyl groups is 1. The number of benzene rings is 1. The van der Waals surface area contributed by atoms with E-state index in [1.54, 1.807) is 19.1 Å². The van der Waals surface area contributed by atoms with Crippen LogP contribution in [0, 0.1) is 0 Å². The topological polar surface area (TPSA) is 37.3 Å². The van der Waals surface area contributed by atoms with Crippen LogP contribution < -0.4 is 0 Å². The largest absolute Gasteiger partial charge is 0.397 e. The molecule has 0 aliphatic rings. The summed E-state index contributed by atoms with van der Waals surface area (Å²) in [6.45, 7) is 1.93. The maximum Gasteiger partial charge on any atom is 0.150 e. The molecule has 0 bridgehead atoms. The lowest BCUT2D eigenvalue weighted by atomic mass is 10.2. The summed E-state index contributed by atoms with van der Waals surface area (Å²) < 4.78 is 0. The fourth-order valence-corrected chi connectivity index (χ4v) is 0.532. The van der Waals surface area contributed by atoms with Gasteiger partial charge < -0.3 is 5.11 Å². The van der Waals surface area contributed by atoms with Crippen LogP contribution in [0.5, 0.6) is 0 Å². The fraction of sp³-hybridized carbons (Fsp3) is 0.222. The molecule has 0 heterocycles. The van der Waals surface area contributed by atoms with E-state index in [0.29, 0.717) is 0 Å². The highest BCUT2D eigenvalue weighted by Gasteiger charge is 1.79. The summed E-state index contributed by atoms with van der Waals surface area (Å²) in [5, 5.41) is 7.57. The highest BCUT2D eigenvalue weighted by atomic mass is 16.2. The summed E-state index contributed by atoms with van der Waals surface area (Å²) in [7, 11) is 0. The van der Waals surface area contributed by atoms with E-state index in [1.165, 1.54) is 0 Å². The number of carbonyl (C=O) groups is 1. The minimum absolute atomic E-state index is 0.250. The second-order valence-corrected chi connectivity index (χ2v) is 1.84. The highest BCUT2D eigenvalue weighted by Crippen LogP contribution is 1.91. The molecule has 0 spiro atoms. The van der Waals surface area contributed by atoms with E-state index in [2.05, 4.69) is 0 Å². The van der Waals surface area contributed by atoms with Crippen molar-refractivity contribution in [1.29, 1.82) is 0 Å². The summed E-state index contributed by atoms with van der Waals surface area (Å²) in [6, 6.07) is 9.10. The average molecular weight is 152 g/mol. The summed E-state index contributed by atoms with van der Waals surface area (Å²) in [5.74, 6) is 0. The maximum absolute atomic E-state index is 10.0. The van der Waals surface area contributed by atoms with Gasteiger partial charge in [0.1, 0.15) is 6.29 Å². The van der Waals surface area contributed by atoms with Crippen LogP contribution in [0.4, 0.5) is 0 Å². The van der Waals surface area contributed by atoms with Gasteiger partial charge in [0.25, 0.3) is 0 Å². The second kappa shape index (κ2) is 6.96. The molecule has 1 aromatic rings. The van der Waals surface area contributed by atoms with Crippen LogP contribution >= 0.6 is 0 Å². The van der Waals surface area contributed by atoms with Crippen molar-refractivity contribution in [3.05, 3.63) is 35.9 Å². The van der Waals surface area contributed by atoms with Crippen molar-refractivity contribution in [2.45, 2.75) is 6.92 Å². The van der Waals surface area contributed by atoms with E-state index in [0.717, 1.165) is 11.8 Å². The third-order valence-electron chi connectivity index (χ3n) is 0.936. The molecule has 11 heavy (non-hydrogen) atoms. The molecular weight excluding hydrogens is 140 g/mol. The van der Waals surface area contributed by atoms with Gasteiger partial charge in [-0.3, -0.25) is 4.79 Å². The first kappa shape index (κ1) is 9.85. The van der Waals surface area contributed by atoms with E-state index >= 15 is 0 Å². The number of hydrogen-bond donors (Lipinski definition) is 1. The molecule has 1 N–H and O–H groups in total. The van der Waals surface area contributed by atoms with E-state index in [-0.39, 0.29) is 6.61 Å². The highest BCUT2D eigenvalue weighted by molar-refractivity contribution is 5.74. The molecule has 1 aromatic carbocycles. The van der Waals surface area contributed by atoms with Crippen LogP contribution in [-0.2, 0) is 0 Å². The molecule has 2 nitrogen and oxygen atoms in total. The third-order valence-corrected chi connectivity index (χ3v) is 0.936. The van der Waals surface area contributed by atoms with E-state index in [9.17, 15) is 4.79 Å². The molecule has 0 unspecified atom stereocenters. The van der Waals surface area contributed by atoms with Gasteiger partial charge in [-0.15, -0.1) is 0 Å². The van der Waals surface area contributed by atoms with Crippen molar-refractivity contribution in [3.63, 3.8) is 0 Å². The lowest BCUT2D eigenvalue weighted by Gasteiger charge is -1.81. The quantitative estimate of drug-likeness (QED) is 0.619. The smallest absolute Gasteiger partial charge is 0.150 e. The van der Waals surface area contributed by atoms with Gasteiger partial charge in [0.15, 0.2) is 0 Å². The van der Waals surface area contributed by atoms with Crippen molar-refractivity contribution in [2.75, 3.05) is 6.61 Å². The van der Waals surface area contributed by atoms with Gasteiger partial charge in [-0.1, -0.05) is 30.3 Å². The molecule has 60 valence electrons. The van der Waals surface area contributed by atoms with E-state index in [1.807, 2.05) is 18.2 Å². The van der Waals surface area contributed by atoms with Gasteiger partial charge in [0.05, 0.1) is 0 Å². The molecule has 0 atom stereocenters. The first-order chi connectivity index (χ1) is 5.35. The molecule has 2 heteroatoms. The molecule has 1 rings (SSSR count). The molecule has 0 aliphatic heterocycles. The minimum Gasteiger partial charge on any atom is -0.397 e. The van der Waals surface area contributed by atoms with Gasteiger partial charge >= 0.3 is 0 Å². The first-order valence-corrected chi connectivity index (χ1v) is 3.46. The van der Waals surface area contributed by atoms with Crippen molar-refractivity contribution >= 4 is 6.29 Å². The van der Waals surface area contributed by atoms with E-state index < -0.39 is 0 Å². The summed E-state index contributed by atoms with van der Waals surface area (Å²) in [4.78, 5) is 10.0. The Morgan fingerprint density at radius 1 is 1.36 bits per heavy atom. The number of aldehydes is 1. The Morgan fingerprint density at radius 3 is 2.09 bits per heavy atom. The Kier molecular flexibility index (Phi) is 6.24. The maximum atomic E-state index is 10.0. The van der Waals surface area contributed by atoms with Crippen molar-refractivity contribution < 1.29 is 9.90 Å². The first-order valence-electron chi connectivity index (χ1n) is 3.46. The Balaban J connectivity index is 0.000000292. The summed E-state index contributed by atoms with van der Waals surface area (Å²) >= 11 is 0. The minimum atomic E-state index is 0.250. The number of aliphatic hydroxyl groups excluding tert-OH is 1. The normalized spacial score (nSPS) is 7.82. The van der Waals surface area contributed by atoms with Crippen LogP contribution in [0.1, 0.15) is 17.3 Å².